The summed E-state index contributed by atoms with van der Waals surface area (Å²) in [6.45, 7) is 5.50. The van der Waals surface area contributed by atoms with Gasteiger partial charge in [-0.15, -0.1) is 0 Å². The number of nitrogens with one attached hydrogen (secondary N) is 1. The molecule has 0 radical (unpaired) electrons. The van der Waals surface area contributed by atoms with Crippen LogP contribution in [0.15, 0.2) is 11.1 Å². The minimum absolute atomic E-state index is 0.0661. The molecule has 2 rings (SSSR count). The van der Waals surface area contributed by atoms with Crippen molar-refractivity contribution in [3.63, 3.8) is 0 Å². The number of nitrogens with two attached hydrogens (primary N) is 1. The Balaban J connectivity index is 2.10. The molecule has 18 heavy (non-hydrogen) atoms. The van der Waals surface area contributed by atoms with Crippen LogP contribution in [0.25, 0.3) is 0 Å². The van der Waals surface area contributed by atoms with Crippen molar-refractivity contribution in [3.8, 4) is 0 Å². The van der Waals surface area contributed by atoms with Gasteiger partial charge in [-0.3, -0.25) is 4.79 Å². The van der Waals surface area contributed by atoms with Gasteiger partial charge in [-0.05, 0) is 35.6 Å². The zero-order valence-corrected chi connectivity index (χ0v) is 12.4. The lowest BCUT2D eigenvalue weighted by Crippen LogP contribution is -2.35. The molecule has 2 heterocycles. The van der Waals surface area contributed by atoms with E-state index < -0.39 is 0 Å². The Labute approximate surface area is 120 Å². The molecule has 1 aliphatic heterocycles. The Morgan fingerprint density at radius 2 is 2.22 bits per heavy atom. The van der Waals surface area contributed by atoms with Crippen LogP contribution in [0.5, 0.6) is 0 Å². The second-order valence-electron chi connectivity index (χ2n) is 4.34. The summed E-state index contributed by atoms with van der Waals surface area (Å²) in [6, 6.07) is 0. The molecule has 0 unspecified atom stereocenters. The van der Waals surface area contributed by atoms with Crippen LogP contribution in [0.4, 0.5) is 5.82 Å². The van der Waals surface area contributed by atoms with Crippen LogP contribution in [0, 0.1) is 3.57 Å². The van der Waals surface area contributed by atoms with Gasteiger partial charge in [-0.1, -0.05) is 0 Å². The summed E-state index contributed by atoms with van der Waals surface area (Å²) in [7, 11) is 0. The van der Waals surface area contributed by atoms with Gasteiger partial charge in [0.2, 0.25) is 0 Å². The molecule has 0 aromatic carbocycles. The Morgan fingerprint density at radius 1 is 1.39 bits per heavy atom. The zero-order valence-electron chi connectivity index (χ0n) is 10.2. The van der Waals surface area contributed by atoms with E-state index in [4.69, 9.17) is 5.73 Å². The predicted octanol–water partition coefficient (Wildman–Crippen LogP) is -0.155. The maximum Gasteiger partial charge on any atom is 0.266 e. The molecule has 0 spiro atoms. The van der Waals surface area contributed by atoms with Crippen LogP contribution in [0.2, 0.25) is 0 Å². The second kappa shape index (κ2) is 6.48. The van der Waals surface area contributed by atoms with E-state index >= 15 is 0 Å². The van der Waals surface area contributed by atoms with Crippen molar-refractivity contribution >= 4 is 28.4 Å². The normalized spacial score (nSPS) is 17.8. The van der Waals surface area contributed by atoms with Crippen LogP contribution in [0.1, 0.15) is 6.42 Å². The number of aromatic amines is 1. The van der Waals surface area contributed by atoms with Gasteiger partial charge in [0.25, 0.3) is 5.56 Å². The number of nitrogens with zero attached hydrogens (tertiary/aromatic N) is 3. The van der Waals surface area contributed by atoms with E-state index in [1.165, 1.54) is 6.33 Å². The molecule has 1 fully saturated rings. The van der Waals surface area contributed by atoms with Crippen molar-refractivity contribution in [2.45, 2.75) is 6.42 Å². The van der Waals surface area contributed by atoms with Gasteiger partial charge in [-0.25, -0.2) is 4.98 Å². The first-order valence-electron chi connectivity index (χ1n) is 6.13. The Hall–Kier alpha value is -0.670. The monoisotopic (exact) mass is 363 g/mol. The Bertz CT molecular complexity index is 449. The second-order valence-corrected chi connectivity index (χ2v) is 5.42. The molecule has 6 nitrogen and oxygen atoms in total. The van der Waals surface area contributed by atoms with Gasteiger partial charge in [-0.2, -0.15) is 0 Å². The smallest absolute Gasteiger partial charge is 0.266 e. The lowest BCUT2D eigenvalue weighted by molar-refractivity contribution is 0.302. The summed E-state index contributed by atoms with van der Waals surface area (Å²) in [5.74, 6) is 0.800. The number of anilines is 1. The summed E-state index contributed by atoms with van der Waals surface area (Å²) in [5, 5.41) is 0. The highest BCUT2D eigenvalue weighted by Gasteiger charge is 2.18. The van der Waals surface area contributed by atoms with E-state index in [0.29, 0.717) is 10.1 Å². The molecular formula is C11H18IN5O. The number of halogens is 1. The van der Waals surface area contributed by atoms with E-state index in [9.17, 15) is 4.79 Å². The molecule has 1 saturated heterocycles. The van der Waals surface area contributed by atoms with Crippen molar-refractivity contribution in [2.24, 2.45) is 5.73 Å². The lowest BCUT2D eigenvalue weighted by atomic mass is 10.3. The highest BCUT2D eigenvalue weighted by atomic mass is 127. The van der Waals surface area contributed by atoms with E-state index in [0.717, 1.165) is 45.0 Å². The first kappa shape index (κ1) is 13.8. The summed E-state index contributed by atoms with van der Waals surface area (Å²) in [5.41, 5.74) is 5.52. The van der Waals surface area contributed by atoms with Crippen molar-refractivity contribution < 1.29 is 0 Å². The molecule has 0 saturated carbocycles. The van der Waals surface area contributed by atoms with Gasteiger partial charge >= 0.3 is 0 Å². The van der Waals surface area contributed by atoms with Crippen LogP contribution in [-0.4, -0.2) is 54.1 Å². The maximum atomic E-state index is 11.6. The topological polar surface area (TPSA) is 78.2 Å². The fraction of sp³-hybridized carbons (Fsp3) is 0.636. The first-order valence-corrected chi connectivity index (χ1v) is 7.21. The van der Waals surface area contributed by atoms with E-state index in [1.54, 1.807) is 0 Å². The van der Waals surface area contributed by atoms with Crippen molar-refractivity contribution in [3.05, 3.63) is 20.3 Å². The number of rotatable bonds is 3. The third-order valence-corrected chi connectivity index (χ3v) is 4.08. The van der Waals surface area contributed by atoms with Gasteiger partial charge in [0.05, 0.1) is 6.33 Å². The average molecular weight is 363 g/mol. The highest BCUT2D eigenvalue weighted by Crippen LogP contribution is 2.17. The molecule has 7 heteroatoms. The standard InChI is InChI=1S/C11H18IN5O/c12-9-10(14-8-15-11(9)18)17-4-1-3-16(5-2-13)6-7-17/h8H,1-7,13H2,(H,14,15,18). The molecule has 1 aliphatic rings. The number of hydrogen-bond donors (Lipinski definition) is 2. The SMILES string of the molecule is NCCN1CCCN(c2nc[nH]c(=O)c2I)CC1. The average Bonchev–Trinajstić information content (AvgIpc) is 2.59. The van der Waals surface area contributed by atoms with Gasteiger partial charge in [0.15, 0.2) is 0 Å². The van der Waals surface area contributed by atoms with Gasteiger partial charge in [0, 0.05) is 32.7 Å². The van der Waals surface area contributed by atoms with Crippen molar-refractivity contribution in [1.82, 2.24) is 14.9 Å². The maximum absolute atomic E-state index is 11.6. The van der Waals surface area contributed by atoms with E-state index in [-0.39, 0.29) is 5.56 Å². The molecule has 1 aromatic heterocycles. The fourth-order valence-electron chi connectivity index (χ4n) is 2.18. The molecule has 100 valence electrons. The fourth-order valence-corrected chi connectivity index (χ4v) is 2.82. The van der Waals surface area contributed by atoms with Crippen LogP contribution in [0.3, 0.4) is 0 Å². The third-order valence-electron chi connectivity index (χ3n) is 3.11. The van der Waals surface area contributed by atoms with Crippen LogP contribution < -0.4 is 16.2 Å². The molecule has 0 bridgehead atoms. The molecular weight excluding hydrogens is 345 g/mol. The summed E-state index contributed by atoms with van der Waals surface area (Å²) in [4.78, 5) is 23.0. The molecule has 1 aromatic rings. The van der Waals surface area contributed by atoms with Gasteiger partial charge in [0.1, 0.15) is 9.39 Å². The number of H-pyrrole nitrogens is 1. The lowest BCUT2D eigenvalue weighted by Gasteiger charge is -2.22. The minimum Gasteiger partial charge on any atom is -0.354 e. The Morgan fingerprint density at radius 3 is 3.00 bits per heavy atom. The summed E-state index contributed by atoms with van der Waals surface area (Å²) < 4.78 is 0.669. The quantitative estimate of drug-likeness (QED) is 0.731. The first-order chi connectivity index (χ1) is 8.72. The molecule has 0 amide bonds. The van der Waals surface area contributed by atoms with Gasteiger partial charge < -0.3 is 20.5 Å². The molecule has 0 aliphatic carbocycles. The largest absolute Gasteiger partial charge is 0.354 e. The molecule has 0 atom stereocenters. The van der Waals surface area contributed by atoms with Crippen molar-refractivity contribution in [2.75, 3.05) is 44.2 Å². The van der Waals surface area contributed by atoms with Crippen LogP contribution in [-0.2, 0) is 0 Å². The minimum atomic E-state index is -0.0661. The predicted molar refractivity (Wildman–Crippen MR) is 79.9 cm³/mol. The summed E-state index contributed by atoms with van der Waals surface area (Å²) in [6.07, 6.45) is 2.55. The zero-order chi connectivity index (χ0) is 13.0. The van der Waals surface area contributed by atoms with E-state index in [1.807, 2.05) is 0 Å². The van der Waals surface area contributed by atoms with Crippen LogP contribution >= 0.6 is 22.6 Å². The Kier molecular flexibility index (Phi) is 4.95. The highest BCUT2D eigenvalue weighted by molar-refractivity contribution is 14.1. The third kappa shape index (κ3) is 3.21. The summed E-state index contributed by atoms with van der Waals surface area (Å²) >= 11 is 2.06. The number of aromatic nitrogens is 2. The van der Waals surface area contributed by atoms with E-state index in [2.05, 4.69) is 42.4 Å². The molecule has 3 N–H and O–H groups in total. The van der Waals surface area contributed by atoms with Crippen molar-refractivity contribution in [1.29, 1.82) is 0 Å². The number of hydrogen-bond acceptors (Lipinski definition) is 5.